The zero-order valence-electron chi connectivity index (χ0n) is 32.6. The summed E-state index contributed by atoms with van der Waals surface area (Å²) in [6, 6.07) is 51.9. The van der Waals surface area contributed by atoms with E-state index in [0.29, 0.717) is 25.2 Å². The Labute approximate surface area is 337 Å². The second kappa shape index (κ2) is 18.2. The summed E-state index contributed by atoms with van der Waals surface area (Å²) in [5.74, 6) is 0.858. The Morgan fingerprint density at radius 2 is 1.12 bits per heavy atom. The SMILES string of the molecule is N#Cc1ccc(Cn2ccnc2C(C(=O)N(Cc2ccccc2)C2CCN(c3ccccc3)CC2)N(Cc2ccccc2)C2CCN(c3ccccc3)CC2)cc1. The van der Waals surface area contributed by atoms with Crippen molar-refractivity contribution in [2.45, 2.75) is 63.4 Å². The molecule has 0 radical (unpaired) electrons. The van der Waals surface area contributed by atoms with Gasteiger partial charge in [0, 0.05) is 81.7 Å². The van der Waals surface area contributed by atoms with Gasteiger partial charge in [-0.15, -0.1) is 0 Å². The zero-order valence-corrected chi connectivity index (χ0v) is 32.6. The Balaban J connectivity index is 1.18. The molecule has 8 rings (SSSR count). The van der Waals surface area contributed by atoms with Gasteiger partial charge in [-0.2, -0.15) is 5.26 Å². The first-order valence-electron chi connectivity index (χ1n) is 20.4. The van der Waals surface area contributed by atoms with Gasteiger partial charge in [-0.05, 0) is 78.8 Å². The van der Waals surface area contributed by atoms with Crippen LogP contribution in [0.5, 0.6) is 0 Å². The van der Waals surface area contributed by atoms with Crippen LogP contribution in [0.3, 0.4) is 0 Å². The van der Waals surface area contributed by atoms with Gasteiger partial charge in [-0.1, -0.05) is 109 Å². The highest BCUT2D eigenvalue weighted by Crippen LogP contribution is 2.35. The van der Waals surface area contributed by atoms with Crippen molar-refractivity contribution in [3.8, 4) is 6.07 Å². The monoisotopic (exact) mass is 753 g/mol. The maximum Gasteiger partial charge on any atom is 0.248 e. The molecule has 0 spiro atoms. The van der Waals surface area contributed by atoms with Gasteiger partial charge >= 0.3 is 0 Å². The Hall–Kier alpha value is -6.17. The fourth-order valence-corrected chi connectivity index (χ4v) is 8.70. The molecule has 0 saturated carbocycles. The standard InChI is InChI=1S/C49H51N7O/c50-35-39-21-23-42(24-22-39)36-54-34-29-51-48(54)47(55(37-40-13-5-1-6-14-40)45-25-30-52(31-26-45)43-17-9-3-10-18-43)49(57)56(38-41-15-7-2-8-16-41)46-27-32-53(33-28-46)44-19-11-4-12-20-44/h1-24,29,34,45-47H,25-28,30-33,36-38H2. The van der Waals surface area contributed by atoms with E-state index in [1.54, 1.807) is 0 Å². The topological polar surface area (TPSA) is 71.6 Å². The van der Waals surface area contributed by atoms with Gasteiger partial charge in [0.15, 0.2) is 0 Å². The zero-order chi connectivity index (χ0) is 38.8. The maximum absolute atomic E-state index is 16.0. The number of anilines is 2. The number of nitrogens with zero attached hydrogens (tertiary/aromatic N) is 7. The fraction of sp³-hybridized carbons (Fsp3) is 0.286. The molecule has 8 nitrogen and oxygen atoms in total. The summed E-state index contributed by atoms with van der Waals surface area (Å²) in [6.45, 7) is 5.30. The van der Waals surface area contributed by atoms with Crippen LogP contribution in [0.15, 0.2) is 158 Å². The number of carbonyl (C=O) groups excluding carboxylic acids is 1. The number of piperidine rings is 2. The molecule has 57 heavy (non-hydrogen) atoms. The summed E-state index contributed by atoms with van der Waals surface area (Å²) >= 11 is 0. The van der Waals surface area contributed by atoms with Crippen molar-refractivity contribution in [3.05, 3.63) is 186 Å². The van der Waals surface area contributed by atoms with Crippen molar-refractivity contribution in [2.24, 2.45) is 0 Å². The molecule has 1 amide bonds. The van der Waals surface area contributed by atoms with Crippen molar-refractivity contribution < 1.29 is 4.79 Å². The molecule has 6 aromatic rings. The van der Waals surface area contributed by atoms with Crippen LogP contribution in [0.2, 0.25) is 0 Å². The van der Waals surface area contributed by atoms with Crippen LogP contribution in [-0.2, 0) is 24.4 Å². The molecule has 0 N–H and O–H groups in total. The van der Waals surface area contributed by atoms with Gasteiger partial charge in [0.25, 0.3) is 0 Å². The lowest BCUT2D eigenvalue weighted by Crippen LogP contribution is -2.54. The summed E-state index contributed by atoms with van der Waals surface area (Å²) < 4.78 is 2.15. The van der Waals surface area contributed by atoms with Crippen molar-refractivity contribution in [2.75, 3.05) is 36.0 Å². The molecule has 2 fully saturated rings. The molecule has 2 aliphatic rings. The van der Waals surface area contributed by atoms with E-state index in [1.165, 1.54) is 16.9 Å². The van der Waals surface area contributed by atoms with Crippen molar-refractivity contribution in [1.82, 2.24) is 19.4 Å². The number of carbonyl (C=O) groups is 1. The minimum absolute atomic E-state index is 0.0700. The lowest BCUT2D eigenvalue weighted by Gasteiger charge is -2.45. The average molecular weight is 754 g/mol. The van der Waals surface area contributed by atoms with Crippen LogP contribution >= 0.6 is 0 Å². The van der Waals surface area contributed by atoms with E-state index in [-0.39, 0.29) is 18.0 Å². The van der Waals surface area contributed by atoms with Crippen LogP contribution in [0.4, 0.5) is 11.4 Å². The fourth-order valence-electron chi connectivity index (χ4n) is 8.70. The first-order valence-corrected chi connectivity index (χ1v) is 20.4. The van der Waals surface area contributed by atoms with Crippen molar-refractivity contribution in [3.63, 3.8) is 0 Å². The highest BCUT2D eigenvalue weighted by molar-refractivity contribution is 5.83. The molecule has 0 bridgehead atoms. The van der Waals surface area contributed by atoms with E-state index in [9.17, 15) is 5.26 Å². The minimum atomic E-state index is -0.622. The number of para-hydroxylation sites is 2. The summed E-state index contributed by atoms with van der Waals surface area (Å²) in [4.78, 5) is 30.7. The van der Waals surface area contributed by atoms with Crippen molar-refractivity contribution in [1.29, 1.82) is 5.26 Å². The number of benzene rings is 5. The molecule has 288 valence electrons. The normalized spacial score (nSPS) is 15.6. The summed E-state index contributed by atoms with van der Waals surface area (Å²) in [5.41, 5.74) is 6.46. The van der Waals surface area contributed by atoms with Crippen LogP contribution in [-0.4, -0.2) is 63.5 Å². The van der Waals surface area contributed by atoms with Crippen LogP contribution in [0.1, 0.15) is 59.8 Å². The molecule has 0 aliphatic carbocycles. The molecule has 1 atom stereocenters. The summed E-state index contributed by atoms with van der Waals surface area (Å²) in [7, 11) is 0. The Bertz CT molecular complexity index is 2190. The van der Waals surface area contributed by atoms with Gasteiger partial charge in [0.1, 0.15) is 11.9 Å². The summed E-state index contributed by atoms with van der Waals surface area (Å²) in [6.07, 6.45) is 7.47. The highest BCUT2D eigenvalue weighted by Gasteiger charge is 2.41. The predicted molar refractivity (Wildman–Crippen MR) is 228 cm³/mol. The smallest absolute Gasteiger partial charge is 0.248 e. The third-order valence-corrected chi connectivity index (χ3v) is 11.8. The molecular formula is C49H51N7O. The molecule has 2 aliphatic heterocycles. The highest BCUT2D eigenvalue weighted by atomic mass is 16.2. The van der Waals surface area contributed by atoms with E-state index in [2.05, 4.69) is 145 Å². The Morgan fingerprint density at radius 3 is 1.65 bits per heavy atom. The van der Waals surface area contributed by atoms with Crippen LogP contribution < -0.4 is 9.80 Å². The third-order valence-electron chi connectivity index (χ3n) is 11.8. The van der Waals surface area contributed by atoms with Crippen molar-refractivity contribution >= 4 is 17.3 Å². The maximum atomic E-state index is 16.0. The average Bonchev–Trinajstić information content (AvgIpc) is 3.74. The number of nitriles is 1. The van der Waals surface area contributed by atoms with Gasteiger partial charge in [0.05, 0.1) is 11.6 Å². The number of amides is 1. The molecule has 5 aromatic carbocycles. The molecule has 8 heteroatoms. The number of hydrogen-bond donors (Lipinski definition) is 0. The van der Waals surface area contributed by atoms with E-state index >= 15 is 4.79 Å². The third kappa shape index (κ3) is 9.12. The number of rotatable bonds is 13. The first kappa shape index (κ1) is 37.7. The van der Waals surface area contributed by atoms with E-state index in [4.69, 9.17) is 4.98 Å². The first-order chi connectivity index (χ1) is 28.1. The number of hydrogen-bond acceptors (Lipinski definition) is 6. The summed E-state index contributed by atoms with van der Waals surface area (Å²) in [5, 5.41) is 9.47. The molecule has 1 unspecified atom stereocenters. The Morgan fingerprint density at radius 1 is 0.632 bits per heavy atom. The van der Waals surface area contributed by atoms with E-state index in [1.807, 2.05) is 42.7 Å². The lowest BCUT2D eigenvalue weighted by atomic mass is 9.96. The second-order valence-corrected chi connectivity index (χ2v) is 15.3. The molecular weight excluding hydrogens is 703 g/mol. The predicted octanol–water partition coefficient (Wildman–Crippen LogP) is 8.71. The van der Waals surface area contributed by atoms with Crippen LogP contribution in [0, 0.1) is 11.3 Å². The Kier molecular flexibility index (Phi) is 12.0. The quantitative estimate of drug-likeness (QED) is 0.118. The van der Waals surface area contributed by atoms with Gasteiger partial charge in [0.2, 0.25) is 5.91 Å². The molecule has 2 saturated heterocycles. The molecule has 3 heterocycles. The van der Waals surface area contributed by atoms with Crippen LogP contribution in [0.25, 0.3) is 0 Å². The number of imidazole rings is 1. The van der Waals surface area contributed by atoms with Gasteiger partial charge < -0.3 is 19.3 Å². The molecule has 1 aromatic heterocycles. The second-order valence-electron chi connectivity index (χ2n) is 15.3. The lowest BCUT2D eigenvalue weighted by molar-refractivity contribution is -0.143. The van der Waals surface area contributed by atoms with E-state index in [0.717, 1.165) is 68.8 Å². The van der Waals surface area contributed by atoms with E-state index < -0.39 is 6.04 Å². The van der Waals surface area contributed by atoms with Gasteiger partial charge in [-0.3, -0.25) is 9.69 Å². The largest absolute Gasteiger partial charge is 0.371 e. The minimum Gasteiger partial charge on any atom is -0.371 e. The van der Waals surface area contributed by atoms with Gasteiger partial charge in [-0.25, -0.2) is 4.98 Å². The number of aromatic nitrogens is 2.